The number of aromatic nitrogens is 1. The van der Waals surface area contributed by atoms with Gasteiger partial charge in [0, 0.05) is 17.8 Å². The van der Waals surface area contributed by atoms with E-state index in [1.807, 2.05) is 81.4 Å². The minimum Gasteiger partial charge on any atom is -0.381 e. The van der Waals surface area contributed by atoms with Crippen molar-refractivity contribution in [2.45, 2.75) is 102 Å². The van der Waals surface area contributed by atoms with Crippen LogP contribution in [-0.4, -0.2) is 87.8 Å². The Morgan fingerprint density at radius 2 is 1.65 bits per heavy atom. The standard InChI is InChI=1S/C39H48N6O8S/c1-23(2)17-29(33(47)39(4)22-52-39)43-35(49)31(19-26-13-9-6-10-14-26)45-24(3)18-30(36(45)50)44-34(48)28(16-15-25-11-7-5-8-12-25)42-32(46)20-27-21-54-38(41-27)53-37(40)51/h5-14,21,23-24,28-31H,15-20,22H2,1-4H3,(H2,40,51)(H,42,46)(H,43,49)(H,44,48)/t24?,28-,29-,30-,31-,39?/m0/s1. The fourth-order valence-corrected chi connectivity index (χ4v) is 7.36. The van der Waals surface area contributed by atoms with E-state index in [1.165, 1.54) is 4.90 Å². The van der Waals surface area contributed by atoms with Crippen LogP contribution in [0.25, 0.3) is 0 Å². The molecule has 2 aromatic carbocycles. The fraction of sp³-hybridized carbons (Fsp3) is 0.462. The molecule has 3 aromatic rings. The molecule has 0 spiro atoms. The van der Waals surface area contributed by atoms with Gasteiger partial charge in [-0.25, -0.2) is 9.78 Å². The van der Waals surface area contributed by atoms with Crippen molar-refractivity contribution in [1.29, 1.82) is 0 Å². The number of ketones is 1. The molecular formula is C39H48N6O8S. The first-order valence-electron chi connectivity index (χ1n) is 18.1. The normalized spacial score (nSPS) is 20.8. The van der Waals surface area contributed by atoms with Crippen molar-refractivity contribution >= 4 is 46.8 Å². The number of aryl methyl sites for hydroxylation is 1. The zero-order chi connectivity index (χ0) is 39.0. The maximum Gasteiger partial charge on any atom is 0.411 e. The summed E-state index contributed by atoms with van der Waals surface area (Å²) in [5, 5.41) is 10.1. The maximum atomic E-state index is 14.2. The number of likely N-dealkylation sites (tertiary alicyclic amines) is 1. The van der Waals surface area contributed by atoms with Crippen LogP contribution in [0.5, 0.6) is 5.19 Å². The monoisotopic (exact) mass is 760 g/mol. The van der Waals surface area contributed by atoms with Gasteiger partial charge in [-0.1, -0.05) is 85.8 Å². The highest BCUT2D eigenvalue weighted by molar-refractivity contribution is 7.11. The van der Waals surface area contributed by atoms with E-state index in [4.69, 9.17) is 15.2 Å². The third kappa shape index (κ3) is 10.7. The lowest BCUT2D eigenvalue weighted by molar-refractivity contribution is -0.142. The molecule has 288 valence electrons. The molecule has 5 rings (SSSR count). The van der Waals surface area contributed by atoms with Crippen LogP contribution < -0.4 is 26.4 Å². The minimum absolute atomic E-state index is 0.00501. The lowest BCUT2D eigenvalue weighted by Gasteiger charge is -2.33. The largest absolute Gasteiger partial charge is 0.411 e. The molecule has 14 nitrogen and oxygen atoms in total. The Balaban J connectivity index is 1.32. The van der Waals surface area contributed by atoms with Crippen molar-refractivity contribution in [3.8, 4) is 5.19 Å². The number of nitrogens with two attached hydrogens (primary N) is 1. The number of carbonyl (C=O) groups is 6. The van der Waals surface area contributed by atoms with Gasteiger partial charge < -0.3 is 36.1 Å². The highest BCUT2D eigenvalue weighted by Crippen LogP contribution is 2.30. The first-order valence-corrected chi connectivity index (χ1v) is 19.0. The lowest BCUT2D eigenvalue weighted by Crippen LogP contribution is -2.57. The lowest BCUT2D eigenvalue weighted by atomic mass is 9.92. The van der Waals surface area contributed by atoms with Gasteiger partial charge in [-0.2, -0.15) is 0 Å². The molecule has 2 aliphatic heterocycles. The van der Waals surface area contributed by atoms with E-state index in [0.717, 1.165) is 22.5 Å². The fourth-order valence-electron chi connectivity index (χ4n) is 6.69. The Bertz CT molecular complexity index is 1820. The molecule has 2 aliphatic rings. The second kappa shape index (κ2) is 17.8. The van der Waals surface area contributed by atoms with Crippen LogP contribution in [0.4, 0.5) is 4.79 Å². The van der Waals surface area contributed by atoms with Gasteiger partial charge >= 0.3 is 6.09 Å². The number of epoxide rings is 1. The van der Waals surface area contributed by atoms with Gasteiger partial charge in [0.05, 0.1) is 24.8 Å². The van der Waals surface area contributed by atoms with Crippen molar-refractivity contribution in [2.75, 3.05) is 6.61 Å². The Labute approximate surface area is 318 Å². The number of Topliss-reactive ketones (excluding diaryl/α,β-unsaturated/α-hetero) is 1. The van der Waals surface area contributed by atoms with E-state index in [2.05, 4.69) is 20.9 Å². The Morgan fingerprint density at radius 3 is 2.26 bits per heavy atom. The predicted octanol–water partition coefficient (Wildman–Crippen LogP) is 2.87. The number of thiazole rings is 1. The molecule has 2 fully saturated rings. The van der Waals surface area contributed by atoms with E-state index in [1.54, 1.807) is 12.3 Å². The highest BCUT2D eigenvalue weighted by atomic mass is 32.1. The van der Waals surface area contributed by atoms with Crippen LogP contribution >= 0.6 is 11.3 Å². The van der Waals surface area contributed by atoms with Gasteiger partial charge in [0.25, 0.3) is 5.19 Å². The van der Waals surface area contributed by atoms with Crippen LogP contribution in [0.2, 0.25) is 0 Å². The minimum atomic E-state index is -1.03. The second-order valence-corrected chi connectivity index (χ2v) is 15.3. The number of primary amides is 1. The van der Waals surface area contributed by atoms with Crippen LogP contribution in [-0.2, 0) is 48.0 Å². The number of nitrogens with one attached hydrogen (secondary N) is 3. The number of hydrogen-bond donors (Lipinski definition) is 4. The summed E-state index contributed by atoms with van der Waals surface area (Å²) in [6.07, 6.45) is 0.313. The van der Waals surface area contributed by atoms with Gasteiger partial charge in [0.1, 0.15) is 23.7 Å². The smallest absolute Gasteiger partial charge is 0.381 e. The quantitative estimate of drug-likeness (QED) is 0.141. The molecular weight excluding hydrogens is 713 g/mol. The number of amides is 5. The molecule has 15 heteroatoms. The van der Waals surface area contributed by atoms with Crippen LogP contribution in [0.3, 0.4) is 0 Å². The third-order valence-corrected chi connectivity index (χ3v) is 10.3. The summed E-state index contributed by atoms with van der Waals surface area (Å²) in [5.74, 6) is -2.05. The zero-order valence-corrected chi connectivity index (χ0v) is 31.7. The first-order chi connectivity index (χ1) is 25.7. The predicted molar refractivity (Wildman–Crippen MR) is 200 cm³/mol. The SMILES string of the molecule is CC(C)C[C@H](NC(=O)[C@H](Cc1ccccc1)N1C(=O)[C@@H](NC(=O)[C@H](CCc2ccccc2)NC(=O)Cc2csc(OC(N)=O)n2)CC1C)C(=O)C1(C)CO1. The highest BCUT2D eigenvalue weighted by Gasteiger charge is 2.51. The molecule has 5 N–H and O–H groups in total. The summed E-state index contributed by atoms with van der Waals surface area (Å²) in [4.78, 5) is 85.5. The molecule has 1 aromatic heterocycles. The molecule has 0 aliphatic carbocycles. The van der Waals surface area contributed by atoms with Crippen LogP contribution in [0, 0.1) is 5.92 Å². The molecule has 2 saturated heterocycles. The average Bonchev–Trinajstić information content (AvgIpc) is 3.64. The molecule has 6 atom stereocenters. The summed E-state index contributed by atoms with van der Waals surface area (Å²) in [5.41, 5.74) is 6.22. The summed E-state index contributed by atoms with van der Waals surface area (Å²) >= 11 is 1.00. The Morgan fingerprint density at radius 1 is 1.00 bits per heavy atom. The first kappa shape index (κ1) is 40.0. The second-order valence-electron chi connectivity index (χ2n) is 14.5. The van der Waals surface area contributed by atoms with Crippen molar-refractivity contribution < 1.29 is 38.2 Å². The maximum absolute atomic E-state index is 14.2. The Hall–Kier alpha value is -5.15. The number of hydrogen-bond acceptors (Lipinski definition) is 10. The van der Waals surface area contributed by atoms with Crippen LogP contribution in [0.15, 0.2) is 66.0 Å². The number of carbonyl (C=O) groups excluding carboxylic acids is 6. The van der Waals surface area contributed by atoms with Gasteiger partial charge in [-0.3, -0.25) is 24.0 Å². The number of rotatable bonds is 18. The van der Waals surface area contributed by atoms with Gasteiger partial charge in [0.15, 0.2) is 5.78 Å². The van der Waals surface area contributed by atoms with E-state index >= 15 is 0 Å². The summed E-state index contributed by atoms with van der Waals surface area (Å²) in [7, 11) is 0. The summed E-state index contributed by atoms with van der Waals surface area (Å²) in [6, 6.07) is 14.6. The van der Waals surface area contributed by atoms with Crippen molar-refractivity contribution in [3.63, 3.8) is 0 Å². The summed E-state index contributed by atoms with van der Waals surface area (Å²) < 4.78 is 10.2. The molecule has 5 amide bonds. The van der Waals surface area contributed by atoms with Crippen LogP contribution in [0.1, 0.15) is 63.8 Å². The topological polar surface area (TPSA) is 202 Å². The molecule has 2 unspecified atom stereocenters. The van der Waals surface area contributed by atoms with E-state index in [9.17, 15) is 28.8 Å². The van der Waals surface area contributed by atoms with Crippen molar-refractivity contribution in [3.05, 3.63) is 82.9 Å². The zero-order valence-electron chi connectivity index (χ0n) is 30.9. The van der Waals surface area contributed by atoms with E-state index < -0.39 is 65.5 Å². The van der Waals surface area contributed by atoms with Gasteiger partial charge in [-0.15, -0.1) is 0 Å². The third-order valence-electron chi connectivity index (χ3n) is 9.55. The van der Waals surface area contributed by atoms with Gasteiger partial charge in [0.2, 0.25) is 23.6 Å². The average molecular weight is 761 g/mol. The Kier molecular flexibility index (Phi) is 13.2. The molecule has 0 radical (unpaired) electrons. The molecule has 3 heterocycles. The summed E-state index contributed by atoms with van der Waals surface area (Å²) in [6.45, 7) is 7.76. The van der Waals surface area contributed by atoms with E-state index in [0.29, 0.717) is 18.5 Å². The molecule has 54 heavy (non-hydrogen) atoms. The molecule has 0 saturated carbocycles. The van der Waals surface area contributed by atoms with E-state index in [-0.39, 0.29) is 49.2 Å². The van der Waals surface area contributed by atoms with Crippen molar-refractivity contribution in [2.24, 2.45) is 11.7 Å². The van der Waals surface area contributed by atoms with Gasteiger partial charge in [-0.05, 0) is 56.6 Å². The number of nitrogens with zero attached hydrogens (tertiary/aromatic N) is 2. The molecule has 0 bridgehead atoms. The number of benzene rings is 2. The number of ether oxygens (including phenoxy) is 2. The van der Waals surface area contributed by atoms with Crippen molar-refractivity contribution in [1.82, 2.24) is 25.8 Å².